The lowest BCUT2D eigenvalue weighted by Crippen LogP contribution is -2.43. The van der Waals surface area contributed by atoms with Gasteiger partial charge in [0.05, 0.1) is 18.6 Å². The molecule has 2 aliphatic heterocycles. The number of hydrogen-bond acceptors (Lipinski definition) is 11. The summed E-state index contributed by atoms with van der Waals surface area (Å²) >= 11 is 0. The fourth-order valence-corrected chi connectivity index (χ4v) is 8.46. The number of H-pyrrole nitrogens is 1. The maximum Gasteiger partial charge on any atom is 0.254 e. The Hall–Kier alpha value is -4.84. The molecule has 7 rings (SSSR count). The van der Waals surface area contributed by atoms with E-state index < -0.39 is 0 Å². The molecule has 52 heavy (non-hydrogen) atoms. The van der Waals surface area contributed by atoms with Crippen molar-refractivity contribution < 1.29 is 19.2 Å². The number of nitrogens with two attached hydrogens (primary N) is 2. The fraction of sp³-hybridized carbons (Fsp3) is 0.500. The van der Waals surface area contributed by atoms with Crippen molar-refractivity contribution in [3.8, 4) is 11.6 Å². The van der Waals surface area contributed by atoms with Crippen LogP contribution in [0.2, 0.25) is 0 Å². The van der Waals surface area contributed by atoms with Crippen LogP contribution in [-0.2, 0) is 11.2 Å². The molecule has 1 aliphatic carbocycles. The largest absolute Gasteiger partial charge is 0.507 e. The zero-order valence-electron chi connectivity index (χ0n) is 30.5. The Morgan fingerprint density at radius 1 is 1.10 bits per heavy atom. The van der Waals surface area contributed by atoms with Crippen LogP contribution in [0.3, 0.4) is 0 Å². The second-order valence-corrected chi connectivity index (χ2v) is 15.2. The van der Waals surface area contributed by atoms with Crippen LogP contribution < -0.4 is 21.1 Å². The van der Waals surface area contributed by atoms with Gasteiger partial charge in [-0.05, 0) is 105 Å². The summed E-state index contributed by atoms with van der Waals surface area (Å²) in [5.74, 6) is 3.29. The van der Waals surface area contributed by atoms with E-state index in [1.165, 1.54) is 18.4 Å². The number of phenols is 1. The van der Waals surface area contributed by atoms with Gasteiger partial charge in [0.25, 0.3) is 5.88 Å². The number of nitrogen functional groups attached to an aromatic ring is 1. The highest BCUT2D eigenvalue weighted by Crippen LogP contribution is 2.39. The van der Waals surface area contributed by atoms with Gasteiger partial charge in [-0.1, -0.05) is 26.0 Å². The minimum atomic E-state index is -0.295. The molecule has 276 valence electrons. The number of anilines is 2. The molecular formula is C40H52N8O4. The van der Waals surface area contributed by atoms with Crippen LogP contribution in [0, 0.1) is 11.8 Å². The van der Waals surface area contributed by atoms with E-state index in [1.807, 2.05) is 38.4 Å². The van der Waals surface area contributed by atoms with E-state index in [2.05, 4.69) is 26.9 Å². The third-order valence-electron chi connectivity index (χ3n) is 11.6. The van der Waals surface area contributed by atoms with Gasteiger partial charge >= 0.3 is 0 Å². The number of piperidine rings is 1. The van der Waals surface area contributed by atoms with Crippen LogP contribution in [0.5, 0.6) is 11.6 Å². The highest BCUT2D eigenvalue weighted by Gasteiger charge is 2.33. The quantitative estimate of drug-likeness (QED) is 0.127. The predicted octanol–water partition coefficient (Wildman–Crippen LogP) is 6.42. The number of rotatable bonds is 11. The van der Waals surface area contributed by atoms with E-state index in [0.29, 0.717) is 59.2 Å². The molecule has 1 saturated carbocycles. The Morgan fingerprint density at radius 3 is 2.52 bits per heavy atom. The lowest BCUT2D eigenvalue weighted by molar-refractivity contribution is -0.110. The SMILES string of the molecule is CC(C)C(C=O)c1cc(OCC2CCC(N3CCC(c4cnc(N5CCc6[nH]c(N)c(/C=C(\N)c7ccccc7O)c6C5C)nc4)CC3)CC2)no1. The number of carbonyl (C=O) groups is 1. The van der Waals surface area contributed by atoms with Crippen molar-refractivity contribution in [3.63, 3.8) is 0 Å². The number of benzene rings is 1. The zero-order chi connectivity index (χ0) is 36.4. The Kier molecular flexibility index (Phi) is 10.5. The number of nitrogens with one attached hydrogen (secondary N) is 1. The molecule has 1 saturated heterocycles. The molecular weight excluding hydrogens is 656 g/mol. The van der Waals surface area contributed by atoms with E-state index in [1.54, 1.807) is 24.3 Å². The standard InChI is InChI=1S/C40H52N8O4/c1-24(2)32(22-49)36-19-37(46-52-36)51-23-26-8-10-29(11-9-26)47-15-12-27(13-16-47)28-20-43-40(44-21-28)48-17-14-34-38(25(48)3)31(39(42)45-34)18-33(41)30-6-4-5-7-35(30)50/h4-7,18-22,24-27,29,32,45,50H,8-17,23,41-42H2,1-3H3/b33-18-. The number of likely N-dealkylation sites (tertiary alicyclic amines) is 1. The van der Waals surface area contributed by atoms with Crippen LogP contribution in [-0.4, -0.2) is 68.7 Å². The lowest BCUT2D eigenvalue weighted by Gasteiger charge is -2.40. The topological polar surface area (TPSA) is 173 Å². The van der Waals surface area contributed by atoms with E-state index in [4.69, 9.17) is 30.7 Å². The monoisotopic (exact) mass is 708 g/mol. The number of ether oxygens (including phenoxy) is 1. The summed E-state index contributed by atoms with van der Waals surface area (Å²) in [6.45, 7) is 9.74. The van der Waals surface area contributed by atoms with Gasteiger partial charge in [-0.3, -0.25) is 0 Å². The third kappa shape index (κ3) is 7.39. The normalized spacial score (nSPS) is 22.3. The predicted molar refractivity (Wildman–Crippen MR) is 202 cm³/mol. The molecule has 0 bridgehead atoms. The van der Waals surface area contributed by atoms with E-state index in [9.17, 15) is 9.90 Å². The third-order valence-corrected chi connectivity index (χ3v) is 11.6. The minimum Gasteiger partial charge on any atom is -0.507 e. The number of nitrogens with zero attached hydrogens (tertiary/aromatic N) is 5. The lowest BCUT2D eigenvalue weighted by atomic mass is 9.83. The average molecular weight is 709 g/mol. The molecule has 3 aliphatic rings. The number of aromatic amines is 1. The molecule has 0 amide bonds. The van der Waals surface area contributed by atoms with E-state index >= 15 is 0 Å². The molecule has 3 aromatic heterocycles. The Balaban J connectivity index is 0.903. The first-order chi connectivity index (χ1) is 25.2. The molecule has 4 aromatic rings. The number of fused-ring (bicyclic) bond motifs is 1. The number of aromatic nitrogens is 4. The van der Waals surface area contributed by atoms with E-state index in [-0.39, 0.29) is 23.6 Å². The average Bonchev–Trinajstić information content (AvgIpc) is 3.75. The van der Waals surface area contributed by atoms with Crippen molar-refractivity contribution in [2.24, 2.45) is 17.6 Å². The second kappa shape index (κ2) is 15.4. The second-order valence-electron chi connectivity index (χ2n) is 15.2. The van der Waals surface area contributed by atoms with Gasteiger partial charge in [0, 0.05) is 65.5 Å². The summed E-state index contributed by atoms with van der Waals surface area (Å²) in [5.41, 5.74) is 18.2. The first-order valence-electron chi connectivity index (χ1n) is 18.8. The molecule has 0 radical (unpaired) electrons. The maximum absolute atomic E-state index is 11.4. The van der Waals surface area contributed by atoms with Crippen molar-refractivity contribution in [2.75, 3.05) is 36.9 Å². The minimum absolute atomic E-state index is 0.0162. The maximum atomic E-state index is 11.4. The fourth-order valence-electron chi connectivity index (χ4n) is 8.46. The number of aldehydes is 1. The van der Waals surface area contributed by atoms with Crippen LogP contribution in [0.15, 0.2) is 47.2 Å². The molecule has 6 N–H and O–H groups in total. The first kappa shape index (κ1) is 35.6. The van der Waals surface area contributed by atoms with Crippen molar-refractivity contribution in [3.05, 3.63) is 76.4 Å². The van der Waals surface area contributed by atoms with E-state index in [0.717, 1.165) is 74.8 Å². The number of aromatic hydroxyl groups is 1. The van der Waals surface area contributed by atoms with Gasteiger partial charge in [-0.15, -0.1) is 0 Å². The number of para-hydroxylation sites is 1. The van der Waals surface area contributed by atoms with Crippen molar-refractivity contribution in [1.29, 1.82) is 0 Å². The summed E-state index contributed by atoms with van der Waals surface area (Å²) in [6, 6.07) is 9.42. The van der Waals surface area contributed by atoms with Crippen LogP contribution in [0.1, 0.15) is 111 Å². The summed E-state index contributed by atoms with van der Waals surface area (Å²) in [6.07, 6.45) is 14.5. The smallest absolute Gasteiger partial charge is 0.254 e. The van der Waals surface area contributed by atoms with Gasteiger partial charge in [0.15, 0.2) is 5.76 Å². The van der Waals surface area contributed by atoms with Crippen molar-refractivity contribution >= 4 is 29.8 Å². The Morgan fingerprint density at radius 2 is 1.83 bits per heavy atom. The molecule has 2 atom stereocenters. The van der Waals surface area contributed by atoms with Gasteiger partial charge in [0.2, 0.25) is 5.95 Å². The molecule has 0 spiro atoms. The van der Waals surface area contributed by atoms with Gasteiger partial charge in [-0.25, -0.2) is 9.97 Å². The summed E-state index contributed by atoms with van der Waals surface area (Å²) in [4.78, 5) is 29.5. The number of hydrogen-bond donors (Lipinski definition) is 4. The van der Waals surface area contributed by atoms with Crippen LogP contribution in [0.25, 0.3) is 11.8 Å². The summed E-state index contributed by atoms with van der Waals surface area (Å²) in [7, 11) is 0. The Bertz CT molecular complexity index is 1850. The molecule has 1 aromatic carbocycles. The summed E-state index contributed by atoms with van der Waals surface area (Å²) in [5, 5.41) is 14.4. The number of phenolic OH excluding ortho intramolecular Hbond substituents is 1. The van der Waals surface area contributed by atoms with Crippen molar-refractivity contribution in [2.45, 2.75) is 89.6 Å². The molecule has 2 fully saturated rings. The van der Waals surface area contributed by atoms with Gasteiger partial charge in [0.1, 0.15) is 17.9 Å². The van der Waals surface area contributed by atoms with Crippen LogP contribution >= 0.6 is 0 Å². The van der Waals surface area contributed by atoms with Crippen LogP contribution in [0.4, 0.5) is 11.8 Å². The zero-order valence-corrected chi connectivity index (χ0v) is 30.5. The van der Waals surface area contributed by atoms with Gasteiger partial charge < -0.3 is 45.4 Å². The van der Waals surface area contributed by atoms with Gasteiger partial charge in [-0.2, -0.15) is 0 Å². The number of carbonyl (C=O) groups excluding carboxylic acids is 1. The highest BCUT2D eigenvalue weighted by molar-refractivity contribution is 5.86. The van der Waals surface area contributed by atoms with Crippen molar-refractivity contribution in [1.82, 2.24) is 25.0 Å². The Labute approximate surface area is 305 Å². The summed E-state index contributed by atoms with van der Waals surface area (Å²) < 4.78 is 11.4. The molecule has 12 heteroatoms. The molecule has 12 nitrogen and oxygen atoms in total. The highest BCUT2D eigenvalue weighted by atomic mass is 16.5. The molecule has 5 heterocycles. The first-order valence-corrected chi connectivity index (χ1v) is 18.8. The molecule has 2 unspecified atom stereocenters.